The first-order chi connectivity index (χ1) is 8.55. The standard InChI is InChI=1S/C16H32N2/c1-5-6-13-7-8-14(17-4)15(11-13)18-10-9-16(2,3)12-18/h13-15,17H,5-12H2,1-4H3. The van der Waals surface area contributed by atoms with Crippen molar-refractivity contribution in [3.8, 4) is 0 Å². The molecule has 2 heteroatoms. The summed E-state index contributed by atoms with van der Waals surface area (Å²) in [6.45, 7) is 9.79. The highest BCUT2D eigenvalue weighted by atomic mass is 15.2. The molecule has 1 aliphatic carbocycles. The van der Waals surface area contributed by atoms with E-state index in [1.54, 1.807) is 0 Å². The molecule has 0 amide bonds. The van der Waals surface area contributed by atoms with Gasteiger partial charge in [-0.3, -0.25) is 4.90 Å². The molecule has 1 aliphatic heterocycles. The third-order valence-corrected chi connectivity index (χ3v) is 5.17. The van der Waals surface area contributed by atoms with Crippen LogP contribution in [-0.2, 0) is 0 Å². The maximum Gasteiger partial charge on any atom is 0.0252 e. The molecule has 0 radical (unpaired) electrons. The van der Waals surface area contributed by atoms with Gasteiger partial charge in [-0.2, -0.15) is 0 Å². The Labute approximate surface area is 114 Å². The lowest BCUT2D eigenvalue weighted by Crippen LogP contribution is -2.52. The van der Waals surface area contributed by atoms with E-state index in [9.17, 15) is 0 Å². The Morgan fingerprint density at radius 2 is 2.06 bits per heavy atom. The predicted molar refractivity (Wildman–Crippen MR) is 78.9 cm³/mol. The zero-order chi connectivity index (χ0) is 13.2. The van der Waals surface area contributed by atoms with E-state index in [4.69, 9.17) is 0 Å². The van der Waals surface area contributed by atoms with E-state index in [0.29, 0.717) is 5.41 Å². The molecule has 1 saturated heterocycles. The van der Waals surface area contributed by atoms with E-state index in [2.05, 4.69) is 38.0 Å². The second-order valence-corrected chi connectivity index (χ2v) is 7.31. The normalized spacial score (nSPS) is 37.0. The highest BCUT2D eigenvalue weighted by Gasteiger charge is 2.38. The molecule has 0 aromatic rings. The van der Waals surface area contributed by atoms with Crippen molar-refractivity contribution in [2.45, 2.75) is 71.4 Å². The van der Waals surface area contributed by atoms with Gasteiger partial charge in [0.15, 0.2) is 0 Å². The van der Waals surface area contributed by atoms with Gasteiger partial charge >= 0.3 is 0 Å². The average Bonchev–Trinajstić information content (AvgIpc) is 2.70. The summed E-state index contributed by atoms with van der Waals surface area (Å²) >= 11 is 0. The highest BCUT2D eigenvalue weighted by molar-refractivity contribution is 4.95. The summed E-state index contributed by atoms with van der Waals surface area (Å²) in [5, 5.41) is 3.58. The van der Waals surface area contributed by atoms with Gasteiger partial charge in [0.25, 0.3) is 0 Å². The van der Waals surface area contributed by atoms with Crippen molar-refractivity contribution in [3.05, 3.63) is 0 Å². The quantitative estimate of drug-likeness (QED) is 0.826. The fourth-order valence-corrected chi connectivity index (χ4v) is 4.08. The van der Waals surface area contributed by atoms with Crippen LogP contribution >= 0.6 is 0 Å². The molecule has 2 aliphatic rings. The molecule has 2 fully saturated rings. The molecule has 3 atom stereocenters. The van der Waals surface area contributed by atoms with Crippen molar-refractivity contribution in [2.75, 3.05) is 20.1 Å². The minimum absolute atomic E-state index is 0.538. The van der Waals surface area contributed by atoms with Gasteiger partial charge in [0.2, 0.25) is 0 Å². The Morgan fingerprint density at radius 3 is 2.61 bits per heavy atom. The Morgan fingerprint density at radius 1 is 1.28 bits per heavy atom. The van der Waals surface area contributed by atoms with Crippen LogP contribution in [0.4, 0.5) is 0 Å². The lowest BCUT2D eigenvalue weighted by molar-refractivity contribution is 0.109. The van der Waals surface area contributed by atoms with Crippen molar-refractivity contribution in [3.63, 3.8) is 0 Å². The molecule has 1 saturated carbocycles. The van der Waals surface area contributed by atoms with Gasteiger partial charge in [-0.15, -0.1) is 0 Å². The highest BCUT2D eigenvalue weighted by Crippen LogP contribution is 2.36. The molecule has 18 heavy (non-hydrogen) atoms. The summed E-state index contributed by atoms with van der Waals surface area (Å²) in [6, 6.07) is 1.52. The van der Waals surface area contributed by atoms with Gasteiger partial charge in [0.05, 0.1) is 0 Å². The van der Waals surface area contributed by atoms with Gasteiger partial charge in [-0.25, -0.2) is 0 Å². The van der Waals surface area contributed by atoms with E-state index in [1.165, 1.54) is 51.6 Å². The fourth-order valence-electron chi connectivity index (χ4n) is 4.08. The van der Waals surface area contributed by atoms with Gasteiger partial charge in [0, 0.05) is 18.6 Å². The van der Waals surface area contributed by atoms with Crippen molar-refractivity contribution >= 4 is 0 Å². The molecule has 3 unspecified atom stereocenters. The summed E-state index contributed by atoms with van der Waals surface area (Å²) in [7, 11) is 2.15. The SMILES string of the molecule is CCCC1CCC(NC)C(N2CCC(C)(C)C2)C1. The second-order valence-electron chi connectivity index (χ2n) is 7.31. The molecule has 0 aromatic heterocycles. The molecule has 0 aromatic carbocycles. The maximum absolute atomic E-state index is 3.58. The average molecular weight is 252 g/mol. The number of nitrogens with zero attached hydrogens (tertiary/aromatic N) is 1. The monoisotopic (exact) mass is 252 g/mol. The van der Waals surface area contributed by atoms with Crippen LogP contribution < -0.4 is 5.32 Å². The Hall–Kier alpha value is -0.0800. The minimum Gasteiger partial charge on any atom is -0.315 e. The van der Waals surface area contributed by atoms with Crippen LogP contribution in [0.1, 0.15) is 59.3 Å². The second kappa shape index (κ2) is 5.92. The van der Waals surface area contributed by atoms with Gasteiger partial charge in [-0.1, -0.05) is 33.6 Å². The largest absolute Gasteiger partial charge is 0.315 e. The third-order valence-electron chi connectivity index (χ3n) is 5.17. The van der Waals surface area contributed by atoms with E-state index < -0.39 is 0 Å². The van der Waals surface area contributed by atoms with E-state index in [0.717, 1.165) is 18.0 Å². The van der Waals surface area contributed by atoms with Crippen molar-refractivity contribution < 1.29 is 0 Å². The molecular weight excluding hydrogens is 220 g/mol. The van der Waals surface area contributed by atoms with Crippen LogP contribution in [0.3, 0.4) is 0 Å². The zero-order valence-electron chi connectivity index (χ0n) is 12.8. The molecule has 1 heterocycles. The topological polar surface area (TPSA) is 15.3 Å². The van der Waals surface area contributed by atoms with Crippen LogP contribution in [0.2, 0.25) is 0 Å². The first kappa shape index (κ1) is 14.3. The van der Waals surface area contributed by atoms with E-state index in [-0.39, 0.29) is 0 Å². The van der Waals surface area contributed by atoms with E-state index >= 15 is 0 Å². The molecular formula is C16H32N2. The van der Waals surface area contributed by atoms with Crippen LogP contribution in [-0.4, -0.2) is 37.1 Å². The summed E-state index contributed by atoms with van der Waals surface area (Å²) in [5.74, 6) is 0.980. The van der Waals surface area contributed by atoms with Gasteiger partial charge < -0.3 is 5.32 Å². The fraction of sp³-hybridized carbons (Fsp3) is 1.00. The van der Waals surface area contributed by atoms with Crippen LogP contribution in [0.5, 0.6) is 0 Å². The van der Waals surface area contributed by atoms with Crippen LogP contribution in [0.15, 0.2) is 0 Å². The molecule has 106 valence electrons. The molecule has 0 bridgehead atoms. The van der Waals surface area contributed by atoms with Crippen molar-refractivity contribution in [1.82, 2.24) is 10.2 Å². The maximum atomic E-state index is 3.58. The van der Waals surface area contributed by atoms with Gasteiger partial charge in [-0.05, 0) is 50.6 Å². The van der Waals surface area contributed by atoms with Crippen LogP contribution in [0, 0.1) is 11.3 Å². The Bertz CT molecular complexity index is 262. The third kappa shape index (κ3) is 3.27. The lowest BCUT2D eigenvalue weighted by atomic mass is 9.79. The molecule has 0 spiro atoms. The summed E-state index contributed by atoms with van der Waals surface area (Å²) in [6.07, 6.45) is 8.40. The minimum atomic E-state index is 0.538. The zero-order valence-corrected chi connectivity index (χ0v) is 12.8. The van der Waals surface area contributed by atoms with Gasteiger partial charge in [0.1, 0.15) is 0 Å². The number of hydrogen-bond acceptors (Lipinski definition) is 2. The number of nitrogens with one attached hydrogen (secondary N) is 1. The lowest BCUT2D eigenvalue weighted by Gasteiger charge is -2.41. The molecule has 2 rings (SSSR count). The Kier molecular flexibility index (Phi) is 4.71. The number of likely N-dealkylation sites (tertiary alicyclic amines) is 1. The predicted octanol–water partition coefficient (Wildman–Crippen LogP) is 3.28. The number of likely N-dealkylation sites (N-methyl/N-ethyl adjacent to an activating group) is 1. The molecule has 1 N–H and O–H groups in total. The summed E-state index contributed by atoms with van der Waals surface area (Å²) in [4.78, 5) is 2.78. The summed E-state index contributed by atoms with van der Waals surface area (Å²) < 4.78 is 0. The van der Waals surface area contributed by atoms with Crippen molar-refractivity contribution in [1.29, 1.82) is 0 Å². The van der Waals surface area contributed by atoms with Crippen molar-refractivity contribution in [2.24, 2.45) is 11.3 Å². The molecule has 2 nitrogen and oxygen atoms in total. The van der Waals surface area contributed by atoms with E-state index in [1.807, 2.05) is 0 Å². The number of hydrogen-bond donors (Lipinski definition) is 1. The number of rotatable bonds is 4. The van der Waals surface area contributed by atoms with Crippen LogP contribution in [0.25, 0.3) is 0 Å². The first-order valence-electron chi connectivity index (χ1n) is 7.97. The first-order valence-corrected chi connectivity index (χ1v) is 7.97. The summed E-state index contributed by atoms with van der Waals surface area (Å²) in [5.41, 5.74) is 0.538. The smallest absolute Gasteiger partial charge is 0.0252 e. The Balaban J connectivity index is 1.98.